The van der Waals surface area contributed by atoms with Crippen molar-refractivity contribution in [3.63, 3.8) is 0 Å². The first-order chi connectivity index (χ1) is 8.40. The molecule has 100 valence electrons. The molecule has 0 bridgehead atoms. The Labute approximate surface area is 108 Å². The van der Waals surface area contributed by atoms with Crippen LogP contribution in [0.25, 0.3) is 0 Å². The lowest BCUT2D eigenvalue weighted by Gasteiger charge is -2.15. The van der Waals surface area contributed by atoms with E-state index >= 15 is 0 Å². The van der Waals surface area contributed by atoms with E-state index in [9.17, 15) is 9.18 Å². The molecule has 18 heavy (non-hydrogen) atoms. The van der Waals surface area contributed by atoms with Gasteiger partial charge in [0.05, 0.1) is 5.56 Å². The molecule has 0 aromatic heterocycles. The van der Waals surface area contributed by atoms with Crippen LogP contribution in [0.2, 0.25) is 0 Å². The highest BCUT2D eigenvalue weighted by Crippen LogP contribution is 2.13. The van der Waals surface area contributed by atoms with E-state index in [0.717, 1.165) is 12.8 Å². The first-order valence-electron chi connectivity index (χ1n) is 6.26. The fraction of sp³-hybridized carbons (Fsp3) is 0.500. The first-order valence-corrected chi connectivity index (χ1v) is 6.26. The van der Waals surface area contributed by atoms with E-state index in [-0.39, 0.29) is 11.6 Å². The van der Waals surface area contributed by atoms with Crippen LogP contribution < -0.4 is 11.1 Å². The number of carbonyl (C=O) groups is 1. The maximum atomic E-state index is 13.5. The van der Waals surface area contributed by atoms with Crippen LogP contribution in [-0.4, -0.2) is 11.9 Å². The Balaban J connectivity index is 2.62. The number of halogens is 1. The van der Waals surface area contributed by atoms with Crippen molar-refractivity contribution >= 4 is 11.6 Å². The summed E-state index contributed by atoms with van der Waals surface area (Å²) in [7, 11) is 0. The number of benzene rings is 1. The van der Waals surface area contributed by atoms with E-state index < -0.39 is 11.7 Å². The van der Waals surface area contributed by atoms with Crippen molar-refractivity contribution in [2.75, 3.05) is 5.73 Å². The van der Waals surface area contributed by atoms with E-state index in [1.165, 1.54) is 18.2 Å². The second kappa shape index (κ2) is 6.38. The van der Waals surface area contributed by atoms with Gasteiger partial charge in [-0.15, -0.1) is 0 Å². The number of anilines is 1. The Hall–Kier alpha value is -1.58. The number of carbonyl (C=O) groups excluding carboxylic acids is 1. The van der Waals surface area contributed by atoms with Gasteiger partial charge >= 0.3 is 0 Å². The topological polar surface area (TPSA) is 55.1 Å². The van der Waals surface area contributed by atoms with E-state index in [2.05, 4.69) is 19.2 Å². The van der Waals surface area contributed by atoms with Crippen molar-refractivity contribution in [3.8, 4) is 0 Å². The molecule has 0 fully saturated rings. The van der Waals surface area contributed by atoms with Crippen LogP contribution in [0, 0.1) is 11.7 Å². The predicted octanol–water partition coefficient (Wildman–Crippen LogP) is 2.96. The highest BCUT2D eigenvalue weighted by molar-refractivity contribution is 5.95. The molecule has 0 aliphatic carbocycles. The minimum Gasteiger partial charge on any atom is -0.399 e. The molecule has 0 aliphatic rings. The minimum absolute atomic E-state index is 0.00592. The fourth-order valence-electron chi connectivity index (χ4n) is 1.67. The van der Waals surface area contributed by atoms with Crippen LogP contribution in [0.15, 0.2) is 18.2 Å². The third-order valence-corrected chi connectivity index (χ3v) is 2.79. The van der Waals surface area contributed by atoms with Crippen LogP contribution in [-0.2, 0) is 0 Å². The molecule has 1 aromatic carbocycles. The lowest BCUT2D eigenvalue weighted by atomic mass is 10.0. The highest BCUT2D eigenvalue weighted by atomic mass is 19.1. The van der Waals surface area contributed by atoms with Gasteiger partial charge in [-0.05, 0) is 43.9 Å². The summed E-state index contributed by atoms with van der Waals surface area (Å²) in [6, 6.07) is 4.04. The Morgan fingerprint density at radius 1 is 1.33 bits per heavy atom. The van der Waals surface area contributed by atoms with Gasteiger partial charge in [-0.2, -0.15) is 0 Å². The summed E-state index contributed by atoms with van der Waals surface area (Å²) in [6.07, 6.45) is 1.91. The molecule has 0 heterocycles. The van der Waals surface area contributed by atoms with Crippen LogP contribution >= 0.6 is 0 Å². The van der Waals surface area contributed by atoms with Crippen molar-refractivity contribution in [2.24, 2.45) is 5.92 Å². The van der Waals surface area contributed by atoms with Gasteiger partial charge in [-0.25, -0.2) is 4.39 Å². The van der Waals surface area contributed by atoms with Crippen molar-refractivity contribution in [1.82, 2.24) is 5.32 Å². The van der Waals surface area contributed by atoms with Gasteiger partial charge in [0.1, 0.15) is 5.82 Å². The average molecular weight is 252 g/mol. The SMILES string of the molecule is CC(C)CCC(C)NC(=O)c1cc(N)ccc1F. The van der Waals surface area contributed by atoms with Crippen molar-refractivity contribution in [1.29, 1.82) is 0 Å². The number of hydrogen-bond acceptors (Lipinski definition) is 2. The van der Waals surface area contributed by atoms with Crippen LogP contribution in [0.5, 0.6) is 0 Å². The number of amides is 1. The van der Waals surface area contributed by atoms with Crippen molar-refractivity contribution in [3.05, 3.63) is 29.6 Å². The van der Waals surface area contributed by atoms with Gasteiger partial charge in [0.15, 0.2) is 0 Å². The van der Waals surface area contributed by atoms with Gasteiger partial charge in [-0.1, -0.05) is 13.8 Å². The van der Waals surface area contributed by atoms with Crippen molar-refractivity contribution in [2.45, 2.75) is 39.7 Å². The number of rotatable bonds is 5. The molecule has 0 saturated carbocycles. The maximum Gasteiger partial charge on any atom is 0.254 e. The summed E-state index contributed by atoms with van der Waals surface area (Å²) in [5, 5.41) is 2.79. The molecule has 0 aliphatic heterocycles. The third-order valence-electron chi connectivity index (χ3n) is 2.79. The third kappa shape index (κ3) is 4.35. The minimum atomic E-state index is -0.544. The molecule has 1 rings (SSSR count). The number of nitrogens with one attached hydrogen (secondary N) is 1. The normalized spacial score (nSPS) is 12.5. The largest absolute Gasteiger partial charge is 0.399 e. The average Bonchev–Trinajstić information content (AvgIpc) is 2.29. The Morgan fingerprint density at radius 2 is 2.00 bits per heavy atom. The Morgan fingerprint density at radius 3 is 2.61 bits per heavy atom. The molecule has 1 atom stereocenters. The monoisotopic (exact) mass is 252 g/mol. The number of nitrogen functional groups attached to an aromatic ring is 1. The molecule has 3 nitrogen and oxygen atoms in total. The van der Waals surface area contributed by atoms with Gasteiger partial charge < -0.3 is 11.1 Å². The second-order valence-electron chi connectivity index (χ2n) is 5.08. The summed E-state index contributed by atoms with van der Waals surface area (Å²) in [4.78, 5) is 11.9. The zero-order valence-corrected chi connectivity index (χ0v) is 11.2. The summed E-state index contributed by atoms with van der Waals surface area (Å²) in [5.41, 5.74) is 5.94. The van der Waals surface area contributed by atoms with Gasteiger partial charge in [-0.3, -0.25) is 4.79 Å². The van der Waals surface area contributed by atoms with E-state index in [1.807, 2.05) is 6.92 Å². The van der Waals surface area contributed by atoms with Gasteiger partial charge in [0.2, 0.25) is 0 Å². The molecule has 3 N–H and O–H groups in total. The zero-order valence-electron chi connectivity index (χ0n) is 11.2. The molecule has 0 saturated heterocycles. The summed E-state index contributed by atoms with van der Waals surface area (Å²) in [5.74, 6) is -0.359. The molecule has 0 spiro atoms. The summed E-state index contributed by atoms with van der Waals surface area (Å²) < 4.78 is 13.5. The summed E-state index contributed by atoms with van der Waals surface area (Å²) >= 11 is 0. The van der Waals surface area contributed by atoms with Gasteiger partial charge in [0, 0.05) is 11.7 Å². The maximum absolute atomic E-state index is 13.5. The molecular formula is C14H21FN2O. The van der Waals surface area contributed by atoms with Gasteiger partial charge in [0.25, 0.3) is 5.91 Å². The van der Waals surface area contributed by atoms with Crippen molar-refractivity contribution < 1.29 is 9.18 Å². The fourth-order valence-corrected chi connectivity index (χ4v) is 1.67. The Bertz CT molecular complexity index is 418. The van der Waals surface area contributed by atoms with E-state index in [4.69, 9.17) is 5.73 Å². The summed E-state index contributed by atoms with van der Waals surface area (Å²) in [6.45, 7) is 6.18. The predicted molar refractivity (Wildman–Crippen MR) is 71.8 cm³/mol. The first kappa shape index (κ1) is 14.5. The Kier molecular flexibility index (Phi) is 5.13. The zero-order chi connectivity index (χ0) is 13.7. The molecule has 1 aromatic rings. The van der Waals surface area contributed by atoms with Crippen LogP contribution in [0.4, 0.5) is 10.1 Å². The van der Waals surface area contributed by atoms with Crippen LogP contribution in [0.3, 0.4) is 0 Å². The molecule has 1 unspecified atom stereocenters. The molecule has 4 heteroatoms. The standard InChI is InChI=1S/C14H21FN2O/c1-9(2)4-5-10(3)17-14(18)12-8-11(16)6-7-13(12)15/h6-10H,4-5,16H2,1-3H3,(H,17,18). The number of hydrogen-bond donors (Lipinski definition) is 2. The van der Waals surface area contributed by atoms with E-state index in [1.54, 1.807) is 0 Å². The highest BCUT2D eigenvalue weighted by Gasteiger charge is 2.14. The molecular weight excluding hydrogens is 231 g/mol. The second-order valence-corrected chi connectivity index (χ2v) is 5.08. The lowest BCUT2D eigenvalue weighted by molar-refractivity contribution is 0.0933. The smallest absolute Gasteiger partial charge is 0.254 e. The molecule has 1 amide bonds. The van der Waals surface area contributed by atoms with Crippen LogP contribution in [0.1, 0.15) is 44.0 Å². The lowest BCUT2D eigenvalue weighted by Crippen LogP contribution is -2.33. The quantitative estimate of drug-likeness (QED) is 0.792. The number of nitrogens with two attached hydrogens (primary N) is 1. The molecule has 0 radical (unpaired) electrons. The van der Waals surface area contributed by atoms with E-state index in [0.29, 0.717) is 11.6 Å².